The predicted molar refractivity (Wildman–Crippen MR) is 309 cm³/mol. The second kappa shape index (κ2) is 16.5. The van der Waals surface area contributed by atoms with E-state index >= 15 is 0 Å². The minimum Gasteiger partial charge on any atom is -0.307 e. The van der Waals surface area contributed by atoms with Gasteiger partial charge in [0.25, 0.3) is 0 Å². The van der Waals surface area contributed by atoms with E-state index in [0.29, 0.717) is 11.8 Å². The lowest BCUT2D eigenvalue weighted by atomic mass is 9.69. The summed E-state index contributed by atoms with van der Waals surface area (Å²) in [5.74, 6) is 0.764. The zero-order valence-corrected chi connectivity index (χ0v) is 41.9. The van der Waals surface area contributed by atoms with Gasteiger partial charge in [-0.2, -0.15) is 0 Å². The van der Waals surface area contributed by atoms with Crippen molar-refractivity contribution >= 4 is 74.7 Å². The van der Waals surface area contributed by atoms with Gasteiger partial charge in [-0.05, 0) is 154 Å². The normalized spacial score (nSPS) is 18.8. The highest BCUT2D eigenvalue weighted by Crippen LogP contribution is 2.63. The number of nitrogens with zero attached hydrogens (tertiary/aromatic N) is 4. The Hall–Kier alpha value is -8.60. The molecule has 2 atom stereocenters. The summed E-state index contributed by atoms with van der Waals surface area (Å²) in [6.07, 6.45) is 17.3. The number of anilines is 11. The average Bonchev–Trinajstić information content (AvgIpc) is 4.17. The molecule has 2 unspecified atom stereocenters. The molecule has 0 aromatic heterocycles. The molecule has 2 heterocycles. The summed E-state index contributed by atoms with van der Waals surface area (Å²) in [5.41, 5.74) is 25.2. The van der Waals surface area contributed by atoms with Gasteiger partial charge in [-0.1, -0.05) is 178 Å². The molecular weight excluding hydrogens is 897 g/mol. The van der Waals surface area contributed by atoms with Gasteiger partial charge in [-0.25, -0.2) is 0 Å². The fraction of sp³-hybridized carbons (Fsp3) is 0.143. The molecule has 1 fully saturated rings. The van der Waals surface area contributed by atoms with E-state index in [-0.39, 0.29) is 10.8 Å². The highest BCUT2D eigenvalue weighted by Gasteiger charge is 2.53. The van der Waals surface area contributed by atoms with Crippen molar-refractivity contribution in [3.8, 4) is 11.1 Å². The first-order chi connectivity index (χ1) is 36.4. The van der Waals surface area contributed by atoms with E-state index in [2.05, 4.69) is 276 Å². The Bertz CT molecular complexity index is 3720. The molecule has 4 heteroatoms. The molecule has 9 aromatic rings. The summed E-state index contributed by atoms with van der Waals surface area (Å²) in [7, 11) is 0. The van der Waals surface area contributed by atoms with Crippen molar-refractivity contribution < 1.29 is 0 Å². The number of rotatable bonds is 6. The molecule has 0 saturated heterocycles. The molecule has 6 aliphatic rings. The maximum atomic E-state index is 2.66. The monoisotopic (exact) mass is 952 g/mol. The first kappa shape index (κ1) is 43.0. The third-order valence-electron chi connectivity index (χ3n) is 17.5. The Kier molecular flexibility index (Phi) is 9.57. The number of benzene rings is 9. The van der Waals surface area contributed by atoms with Crippen molar-refractivity contribution in [2.45, 2.75) is 56.3 Å². The molecule has 74 heavy (non-hydrogen) atoms. The molecule has 0 radical (unpaired) electrons. The van der Waals surface area contributed by atoms with Crippen LogP contribution < -0.4 is 19.6 Å². The van der Waals surface area contributed by atoms with Gasteiger partial charge in [0.05, 0.1) is 45.5 Å². The molecule has 2 aliphatic heterocycles. The quantitative estimate of drug-likeness (QED) is 0.154. The van der Waals surface area contributed by atoms with Crippen LogP contribution >= 0.6 is 0 Å². The van der Waals surface area contributed by atoms with Gasteiger partial charge in [0.1, 0.15) is 0 Å². The zero-order chi connectivity index (χ0) is 49.1. The maximum absolute atomic E-state index is 2.66. The summed E-state index contributed by atoms with van der Waals surface area (Å²) in [6, 6.07) is 78.6. The van der Waals surface area contributed by atoms with E-state index in [9.17, 15) is 0 Å². The lowest BCUT2D eigenvalue weighted by molar-refractivity contribution is 0.335. The average molecular weight is 953 g/mol. The van der Waals surface area contributed by atoms with Gasteiger partial charge >= 0.3 is 0 Å². The lowest BCUT2D eigenvalue weighted by Gasteiger charge is -2.42. The van der Waals surface area contributed by atoms with Crippen LogP contribution in [0.3, 0.4) is 0 Å². The van der Waals surface area contributed by atoms with E-state index in [1.165, 1.54) is 127 Å². The Labute approximate surface area is 435 Å². The number of allylic oxidation sites excluding steroid dienone is 3. The molecular formula is C70H56N4. The number of fused-ring (bicyclic) bond motifs is 12. The SMILES string of the molecule is CC1(C)c2cc(/C=C/c3ccc4c(c3)C3(CCCC3)C3C=C(N5c6ccccc6N(c6ccccc6)c6ccccc65)C=CC43)ccc2-c2ccc(N3c4ccccc4N(c4ccccc4)c4ccccc43)cc21. The Balaban J connectivity index is 0.736. The van der Waals surface area contributed by atoms with E-state index in [0.717, 1.165) is 5.69 Å². The molecule has 0 amide bonds. The van der Waals surface area contributed by atoms with E-state index in [1.807, 2.05) is 0 Å². The zero-order valence-electron chi connectivity index (χ0n) is 41.9. The fourth-order valence-electron chi connectivity index (χ4n) is 14.1. The minimum absolute atomic E-state index is 0.118. The van der Waals surface area contributed by atoms with Crippen LogP contribution in [0.4, 0.5) is 62.6 Å². The van der Waals surface area contributed by atoms with Crippen molar-refractivity contribution in [3.63, 3.8) is 0 Å². The van der Waals surface area contributed by atoms with Gasteiger partial charge in [-0.15, -0.1) is 0 Å². The minimum atomic E-state index is -0.187. The van der Waals surface area contributed by atoms with Crippen LogP contribution in [-0.4, -0.2) is 0 Å². The molecule has 9 aromatic carbocycles. The third kappa shape index (κ3) is 6.34. The summed E-state index contributed by atoms with van der Waals surface area (Å²) < 4.78 is 0. The van der Waals surface area contributed by atoms with Gasteiger partial charge in [0.15, 0.2) is 0 Å². The largest absolute Gasteiger partial charge is 0.307 e. The van der Waals surface area contributed by atoms with Crippen molar-refractivity contribution in [1.82, 2.24) is 0 Å². The fourth-order valence-corrected chi connectivity index (χ4v) is 14.1. The standard InChI is InChI=1S/C70H56N4/c1-69(2)57-43-47(33-37-53(57)54-39-35-51(45-58(54)69)73-65-27-13-9-23-61(65)71(49-19-5-3-6-20-49)62-24-10-14-28-66(62)73)31-32-48-34-38-55-56-40-36-52(46-60(56)70(59(55)44-48)41-17-18-42-70)74-67-29-15-11-25-63(67)72(50-21-7-4-8-22-50)64-26-12-16-30-68(64)74/h3-16,19-40,43-46,56,60H,17-18,41-42H2,1-2H3/b32-31+. The summed E-state index contributed by atoms with van der Waals surface area (Å²) in [5, 5.41) is 0. The summed E-state index contributed by atoms with van der Waals surface area (Å²) in [4.78, 5) is 9.79. The molecule has 4 nitrogen and oxygen atoms in total. The highest BCUT2D eigenvalue weighted by molar-refractivity contribution is 6.03. The molecule has 15 rings (SSSR count). The topological polar surface area (TPSA) is 13.0 Å². The van der Waals surface area contributed by atoms with Crippen LogP contribution in [0.5, 0.6) is 0 Å². The Morgan fingerprint density at radius 1 is 0.405 bits per heavy atom. The highest BCUT2D eigenvalue weighted by atomic mass is 15.3. The van der Waals surface area contributed by atoms with Gasteiger partial charge in [0, 0.05) is 39.5 Å². The van der Waals surface area contributed by atoms with Crippen LogP contribution in [0.2, 0.25) is 0 Å². The van der Waals surface area contributed by atoms with E-state index in [1.54, 1.807) is 5.56 Å². The smallest absolute Gasteiger partial charge is 0.0703 e. The van der Waals surface area contributed by atoms with Crippen LogP contribution in [0.25, 0.3) is 23.3 Å². The first-order valence-electron chi connectivity index (χ1n) is 26.6. The van der Waals surface area contributed by atoms with E-state index < -0.39 is 0 Å². The van der Waals surface area contributed by atoms with Crippen molar-refractivity contribution in [3.05, 3.63) is 270 Å². The molecule has 1 saturated carbocycles. The van der Waals surface area contributed by atoms with Crippen LogP contribution in [0.15, 0.2) is 236 Å². The number of hydrogen-bond donors (Lipinski definition) is 0. The van der Waals surface area contributed by atoms with Crippen molar-refractivity contribution in [2.75, 3.05) is 19.6 Å². The van der Waals surface area contributed by atoms with Crippen LogP contribution in [0, 0.1) is 5.92 Å². The van der Waals surface area contributed by atoms with Gasteiger partial charge < -0.3 is 19.6 Å². The first-order valence-corrected chi connectivity index (χ1v) is 26.6. The lowest BCUT2D eigenvalue weighted by Crippen LogP contribution is -2.32. The van der Waals surface area contributed by atoms with Crippen LogP contribution in [-0.2, 0) is 10.8 Å². The second-order valence-corrected chi connectivity index (χ2v) is 21.7. The summed E-state index contributed by atoms with van der Waals surface area (Å²) >= 11 is 0. The Morgan fingerprint density at radius 3 is 1.34 bits per heavy atom. The summed E-state index contributed by atoms with van der Waals surface area (Å²) in [6.45, 7) is 4.81. The maximum Gasteiger partial charge on any atom is 0.0703 e. The molecule has 0 bridgehead atoms. The van der Waals surface area contributed by atoms with Gasteiger partial charge in [0.2, 0.25) is 0 Å². The molecule has 356 valence electrons. The molecule has 1 spiro atoms. The van der Waals surface area contributed by atoms with Crippen molar-refractivity contribution in [2.24, 2.45) is 5.92 Å². The second-order valence-electron chi connectivity index (χ2n) is 21.7. The van der Waals surface area contributed by atoms with E-state index in [4.69, 9.17) is 0 Å². The molecule has 4 aliphatic carbocycles. The molecule has 0 N–H and O–H groups in total. The van der Waals surface area contributed by atoms with Crippen LogP contribution in [0.1, 0.15) is 78.8 Å². The predicted octanol–water partition coefficient (Wildman–Crippen LogP) is 19.0. The third-order valence-corrected chi connectivity index (χ3v) is 17.5. The van der Waals surface area contributed by atoms with Crippen molar-refractivity contribution in [1.29, 1.82) is 0 Å². The number of para-hydroxylation sites is 10. The number of hydrogen-bond acceptors (Lipinski definition) is 4. The van der Waals surface area contributed by atoms with Gasteiger partial charge in [-0.3, -0.25) is 0 Å². The Morgan fingerprint density at radius 2 is 0.824 bits per heavy atom.